The first kappa shape index (κ1) is 13.1. The summed E-state index contributed by atoms with van der Waals surface area (Å²) < 4.78 is 10.7. The van der Waals surface area contributed by atoms with Gasteiger partial charge in [-0.1, -0.05) is 41.4 Å². The summed E-state index contributed by atoms with van der Waals surface area (Å²) in [5, 5.41) is 4.04. The third kappa shape index (κ3) is 2.54. The Bertz CT molecular complexity index is 625. The molecule has 4 heteroatoms. The van der Waals surface area contributed by atoms with Crippen molar-refractivity contribution in [1.82, 2.24) is 0 Å². The Balaban J connectivity index is 1.82. The summed E-state index contributed by atoms with van der Waals surface area (Å²) in [6.45, 7) is 4.44. The van der Waals surface area contributed by atoms with Crippen molar-refractivity contribution in [2.75, 3.05) is 12.1 Å². The number of hydrogen-bond acceptors (Lipinski definition) is 3. The molecule has 0 saturated heterocycles. The van der Waals surface area contributed by atoms with Crippen LogP contribution in [0.5, 0.6) is 11.5 Å². The number of benzene rings is 2. The normalized spacial score (nSPS) is 14.2. The Morgan fingerprint density at radius 2 is 1.75 bits per heavy atom. The Morgan fingerprint density at radius 3 is 2.45 bits per heavy atom. The smallest absolute Gasteiger partial charge is 0.231 e. The van der Waals surface area contributed by atoms with E-state index in [1.807, 2.05) is 6.07 Å². The molecule has 0 amide bonds. The molecule has 0 saturated carbocycles. The van der Waals surface area contributed by atoms with Gasteiger partial charge in [-0.3, -0.25) is 0 Å². The molecule has 0 aliphatic carbocycles. The van der Waals surface area contributed by atoms with Crippen molar-refractivity contribution in [1.29, 1.82) is 0 Å². The minimum Gasteiger partial charge on any atom is -0.454 e. The van der Waals surface area contributed by atoms with Gasteiger partial charge in [-0.2, -0.15) is 0 Å². The van der Waals surface area contributed by atoms with Crippen LogP contribution < -0.4 is 14.8 Å². The Hall–Kier alpha value is -1.87. The van der Waals surface area contributed by atoms with E-state index < -0.39 is 0 Å². The average molecular weight is 290 g/mol. The van der Waals surface area contributed by atoms with Gasteiger partial charge in [-0.25, -0.2) is 0 Å². The molecule has 1 unspecified atom stereocenters. The predicted octanol–water partition coefficient (Wildman–Crippen LogP) is 4.55. The third-order valence-corrected chi connectivity index (χ3v) is 3.72. The van der Waals surface area contributed by atoms with Crippen molar-refractivity contribution in [3.63, 3.8) is 0 Å². The number of ether oxygens (including phenoxy) is 2. The highest BCUT2D eigenvalue weighted by Gasteiger charge is 2.17. The predicted molar refractivity (Wildman–Crippen MR) is 80.8 cm³/mol. The second-order valence-corrected chi connectivity index (χ2v) is 5.37. The van der Waals surface area contributed by atoms with Crippen LogP contribution in [0.4, 0.5) is 5.69 Å². The van der Waals surface area contributed by atoms with Gasteiger partial charge in [-0.15, -0.1) is 0 Å². The number of hydrogen-bond donors (Lipinski definition) is 1. The molecule has 3 rings (SSSR count). The molecular weight excluding hydrogens is 274 g/mol. The average Bonchev–Trinajstić information content (AvgIpc) is 2.87. The van der Waals surface area contributed by atoms with Gasteiger partial charge < -0.3 is 14.8 Å². The van der Waals surface area contributed by atoms with E-state index in [2.05, 4.69) is 43.4 Å². The second kappa shape index (κ2) is 5.25. The molecule has 20 heavy (non-hydrogen) atoms. The van der Waals surface area contributed by atoms with Crippen LogP contribution in [0.25, 0.3) is 0 Å². The molecule has 3 nitrogen and oxygen atoms in total. The topological polar surface area (TPSA) is 30.5 Å². The summed E-state index contributed by atoms with van der Waals surface area (Å²) in [5.74, 6) is 1.43. The molecule has 104 valence electrons. The minimum atomic E-state index is 0.161. The maximum atomic E-state index is 6.27. The lowest BCUT2D eigenvalue weighted by molar-refractivity contribution is 0.174. The van der Waals surface area contributed by atoms with E-state index in [0.29, 0.717) is 10.8 Å². The Labute approximate surface area is 123 Å². The van der Waals surface area contributed by atoms with Crippen LogP contribution in [-0.4, -0.2) is 6.79 Å². The van der Waals surface area contributed by atoms with Crippen molar-refractivity contribution < 1.29 is 9.47 Å². The summed E-state index contributed by atoms with van der Waals surface area (Å²) >= 11 is 6.27. The molecule has 0 aromatic heterocycles. The molecule has 0 fully saturated rings. The monoisotopic (exact) mass is 289 g/mol. The standard InChI is InChI=1S/C16H16ClNO2/c1-10-3-5-12(6-4-10)11(2)18-14-8-16-15(7-13(14)17)19-9-20-16/h3-8,11,18H,9H2,1-2H3. The first-order valence-corrected chi connectivity index (χ1v) is 6.93. The van der Waals surface area contributed by atoms with Crippen LogP contribution in [0.3, 0.4) is 0 Å². The van der Waals surface area contributed by atoms with Crippen molar-refractivity contribution in [3.05, 3.63) is 52.5 Å². The van der Waals surface area contributed by atoms with E-state index in [-0.39, 0.29) is 12.8 Å². The fraction of sp³-hybridized carbons (Fsp3) is 0.250. The van der Waals surface area contributed by atoms with Crippen LogP contribution >= 0.6 is 11.6 Å². The lowest BCUT2D eigenvalue weighted by Gasteiger charge is -2.17. The molecule has 1 atom stereocenters. The van der Waals surface area contributed by atoms with E-state index in [9.17, 15) is 0 Å². The fourth-order valence-electron chi connectivity index (χ4n) is 2.20. The Morgan fingerprint density at radius 1 is 1.10 bits per heavy atom. The number of halogens is 1. The van der Waals surface area contributed by atoms with Gasteiger partial charge in [0.15, 0.2) is 11.5 Å². The summed E-state index contributed by atoms with van der Waals surface area (Å²) in [6, 6.07) is 12.3. The number of anilines is 1. The van der Waals surface area contributed by atoms with Gasteiger partial charge in [0.1, 0.15) is 0 Å². The van der Waals surface area contributed by atoms with Crippen LogP contribution in [0.2, 0.25) is 5.02 Å². The van der Waals surface area contributed by atoms with Crippen LogP contribution in [0.15, 0.2) is 36.4 Å². The highest BCUT2D eigenvalue weighted by molar-refractivity contribution is 6.33. The first-order valence-electron chi connectivity index (χ1n) is 6.56. The second-order valence-electron chi connectivity index (χ2n) is 4.96. The number of aryl methyl sites for hydroxylation is 1. The quantitative estimate of drug-likeness (QED) is 0.899. The molecule has 1 aliphatic heterocycles. The van der Waals surface area contributed by atoms with Gasteiger partial charge in [0.25, 0.3) is 0 Å². The number of fused-ring (bicyclic) bond motifs is 1. The summed E-state index contributed by atoms with van der Waals surface area (Å²) in [5.41, 5.74) is 3.32. The molecule has 1 N–H and O–H groups in total. The zero-order valence-electron chi connectivity index (χ0n) is 11.4. The fourth-order valence-corrected chi connectivity index (χ4v) is 2.41. The van der Waals surface area contributed by atoms with E-state index in [0.717, 1.165) is 11.4 Å². The van der Waals surface area contributed by atoms with Gasteiger partial charge >= 0.3 is 0 Å². The largest absolute Gasteiger partial charge is 0.454 e. The summed E-state index contributed by atoms with van der Waals surface area (Å²) in [7, 11) is 0. The SMILES string of the molecule is Cc1ccc(C(C)Nc2cc3c(cc2Cl)OCO3)cc1. The van der Waals surface area contributed by atoms with Gasteiger partial charge in [-0.05, 0) is 19.4 Å². The van der Waals surface area contributed by atoms with Crippen LogP contribution in [0, 0.1) is 6.92 Å². The molecule has 0 bridgehead atoms. The van der Waals surface area contributed by atoms with Crippen molar-refractivity contribution in [2.45, 2.75) is 19.9 Å². The van der Waals surface area contributed by atoms with E-state index in [1.54, 1.807) is 6.07 Å². The van der Waals surface area contributed by atoms with Crippen LogP contribution in [0.1, 0.15) is 24.1 Å². The minimum absolute atomic E-state index is 0.161. The van der Waals surface area contributed by atoms with Gasteiger partial charge in [0.05, 0.1) is 10.7 Å². The molecule has 2 aromatic rings. The van der Waals surface area contributed by atoms with E-state index >= 15 is 0 Å². The lowest BCUT2D eigenvalue weighted by atomic mass is 10.1. The number of nitrogens with one attached hydrogen (secondary N) is 1. The van der Waals surface area contributed by atoms with E-state index in [1.165, 1.54) is 11.1 Å². The molecule has 0 spiro atoms. The zero-order chi connectivity index (χ0) is 14.1. The molecule has 2 aromatic carbocycles. The zero-order valence-corrected chi connectivity index (χ0v) is 12.2. The van der Waals surface area contributed by atoms with Gasteiger partial charge in [0, 0.05) is 18.2 Å². The summed E-state index contributed by atoms with van der Waals surface area (Å²) in [4.78, 5) is 0. The number of rotatable bonds is 3. The molecule has 1 aliphatic rings. The lowest BCUT2D eigenvalue weighted by Crippen LogP contribution is -2.07. The van der Waals surface area contributed by atoms with Crippen molar-refractivity contribution >= 4 is 17.3 Å². The maximum absolute atomic E-state index is 6.27. The third-order valence-electron chi connectivity index (χ3n) is 3.41. The first-order chi connectivity index (χ1) is 9.63. The highest BCUT2D eigenvalue weighted by atomic mass is 35.5. The Kier molecular flexibility index (Phi) is 3.45. The van der Waals surface area contributed by atoms with Gasteiger partial charge in [0.2, 0.25) is 6.79 Å². The van der Waals surface area contributed by atoms with Crippen molar-refractivity contribution in [2.24, 2.45) is 0 Å². The maximum Gasteiger partial charge on any atom is 0.231 e. The summed E-state index contributed by atoms with van der Waals surface area (Å²) in [6.07, 6.45) is 0. The van der Waals surface area contributed by atoms with Crippen LogP contribution in [-0.2, 0) is 0 Å². The molecule has 1 heterocycles. The molecular formula is C16H16ClNO2. The van der Waals surface area contributed by atoms with E-state index in [4.69, 9.17) is 21.1 Å². The van der Waals surface area contributed by atoms with Crippen molar-refractivity contribution in [3.8, 4) is 11.5 Å². The highest BCUT2D eigenvalue weighted by Crippen LogP contribution is 2.40. The molecule has 0 radical (unpaired) electrons.